The SMILES string of the molecule is CCCS(=O)(=O)N1CCN(Cc2cc3nc(Cl)nc(N4CCOCC4)c3s2)CC1. The van der Waals surface area contributed by atoms with Gasteiger partial charge in [-0.3, -0.25) is 4.90 Å². The molecule has 8 nitrogen and oxygen atoms in total. The molecule has 160 valence electrons. The molecule has 2 fully saturated rings. The summed E-state index contributed by atoms with van der Waals surface area (Å²) in [5, 5.41) is 0.262. The number of morpholine rings is 1. The number of sulfonamides is 1. The largest absolute Gasteiger partial charge is 0.378 e. The quantitative estimate of drug-likeness (QED) is 0.611. The topological polar surface area (TPSA) is 78.9 Å². The van der Waals surface area contributed by atoms with E-state index in [1.165, 1.54) is 4.88 Å². The van der Waals surface area contributed by atoms with Gasteiger partial charge >= 0.3 is 0 Å². The zero-order valence-corrected chi connectivity index (χ0v) is 18.9. The van der Waals surface area contributed by atoms with Gasteiger partial charge in [-0.1, -0.05) is 6.92 Å². The van der Waals surface area contributed by atoms with Crippen molar-refractivity contribution in [3.8, 4) is 0 Å². The Balaban J connectivity index is 1.47. The van der Waals surface area contributed by atoms with Gasteiger partial charge in [0.1, 0.15) is 0 Å². The van der Waals surface area contributed by atoms with Crippen LogP contribution in [0.4, 0.5) is 5.82 Å². The highest BCUT2D eigenvalue weighted by atomic mass is 35.5. The number of anilines is 1. The summed E-state index contributed by atoms with van der Waals surface area (Å²) in [6.45, 7) is 8.22. The second-order valence-corrected chi connectivity index (χ2v) is 10.9. The Labute approximate surface area is 180 Å². The van der Waals surface area contributed by atoms with E-state index < -0.39 is 10.0 Å². The second-order valence-electron chi connectivity index (χ2n) is 7.33. The van der Waals surface area contributed by atoms with Gasteiger partial charge in [-0.15, -0.1) is 11.3 Å². The van der Waals surface area contributed by atoms with E-state index in [0.717, 1.165) is 48.8 Å². The minimum absolute atomic E-state index is 0.229. The molecule has 2 aromatic heterocycles. The zero-order chi connectivity index (χ0) is 20.4. The second kappa shape index (κ2) is 8.99. The Morgan fingerprint density at radius 1 is 1.14 bits per heavy atom. The van der Waals surface area contributed by atoms with Gasteiger partial charge in [0.15, 0.2) is 5.82 Å². The monoisotopic (exact) mass is 459 g/mol. The molecule has 29 heavy (non-hydrogen) atoms. The molecule has 0 radical (unpaired) electrons. The number of halogens is 1. The first-order valence-electron chi connectivity index (χ1n) is 9.95. The third kappa shape index (κ3) is 4.83. The molecule has 2 aromatic rings. The number of hydrogen-bond acceptors (Lipinski definition) is 8. The number of aromatic nitrogens is 2. The van der Waals surface area contributed by atoms with Crippen molar-refractivity contribution in [2.45, 2.75) is 19.9 Å². The van der Waals surface area contributed by atoms with Crippen LogP contribution >= 0.6 is 22.9 Å². The smallest absolute Gasteiger partial charge is 0.224 e. The van der Waals surface area contributed by atoms with E-state index >= 15 is 0 Å². The summed E-state index contributed by atoms with van der Waals surface area (Å²) >= 11 is 7.88. The maximum atomic E-state index is 12.3. The van der Waals surface area contributed by atoms with Crippen LogP contribution < -0.4 is 4.90 Å². The molecule has 0 spiro atoms. The molecule has 0 aromatic carbocycles. The van der Waals surface area contributed by atoms with E-state index in [1.807, 2.05) is 6.92 Å². The summed E-state index contributed by atoms with van der Waals surface area (Å²) in [7, 11) is -3.11. The van der Waals surface area contributed by atoms with Crippen molar-refractivity contribution in [3.05, 3.63) is 16.2 Å². The molecule has 0 bridgehead atoms. The van der Waals surface area contributed by atoms with Gasteiger partial charge in [0.05, 0.1) is 29.2 Å². The predicted octanol–water partition coefficient (Wildman–Crippen LogP) is 2.04. The summed E-state index contributed by atoms with van der Waals surface area (Å²) in [5.74, 6) is 1.11. The summed E-state index contributed by atoms with van der Waals surface area (Å²) in [6, 6.07) is 2.08. The lowest BCUT2D eigenvalue weighted by Crippen LogP contribution is -2.48. The number of piperazine rings is 1. The summed E-state index contributed by atoms with van der Waals surface area (Å²) < 4.78 is 32.6. The fourth-order valence-electron chi connectivity index (χ4n) is 3.78. The average molecular weight is 460 g/mol. The van der Waals surface area contributed by atoms with Crippen molar-refractivity contribution in [1.82, 2.24) is 19.2 Å². The summed E-state index contributed by atoms with van der Waals surface area (Å²) in [6.07, 6.45) is 0.652. The number of hydrogen-bond donors (Lipinski definition) is 0. The number of thiophene rings is 1. The molecule has 0 aliphatic carbocycles. The maximum Gasteiger partial charge on any atom is 0.224 e. The molecular formula is C18H26ClN5O3S2. The van der Waals surface area contributed by atoms with E-state index in [9.17, 15) is 8.42 Å². The van der Waals surface area contributed by atoms with Gasteiger partial charge in [-0.25, -0.2) is 13.4 Å². The highest BCUT2D eigenvalue weighted by Gasteiger charge is 2.27. The van der Waals surface area contributed by atoms with Crippen molar-refractivity contribution in [1.29, 1.82) is 0 Å². The van der Waals surface area contributed by atoms with Gasteiger partial charge in [0, 0.05) is 50.7 Å². The normalized spacial score (nSPS) is 19.9. The molecule has 11 heteroatoms. The number of fused-ring (bicyclic) bond motifs is 1. The third-order valence-corrected chi connectivity index (χ3v) is 8.60. The fraction of sp³-hybridized carbons (Fsp3) is 0.667. The average Bonchev–Trinajstić information content (AvgIpc) is 3.10. The van der Waals surface area contributed by atoms with Crippen molar-refractivity contribution in [2.24, 2.45) is 0 Å². The zero-order valence-electron chi connectivity index (χ0n) is 16.5. The Bertz CT molecular complexity index is 954. The van der Waals surface area contributed by atoms with Crippen LogP contribution in [0.3, 0.4) is 0 Å². The van der Waals surface area contributed by atoms with Gasteiger partial charge in [-0.05, 0) is 24.1 Å². The van der Waals surface area contributed by atoms with E-state index in [2.05, 4.69) is 25.8 Å². The van der Waals surface area contributed by atoms with Crippen molar-refractivity contribution >= 4 is 49.0 Å². The van der Waals surface area contributed by atoms with Crippen LogP contribution in [0.15, 0.2) is 6.07 Å². The van der Waals surface area contributed by atoms with Crippen LogP contribution in [-0.2, 0) is 21.3 Å². The standard InChI is InChI=1S/C18H26ClN5O3S2/c1-2-11-29(25,26)24-5-3-22(4-6-24)13-14-12-15-16(28-14)17(21-18(19)20-15)23-7-9-27-10-8-23/h12H,2-11,13H2,1H3. The van der Waals surface area contributed by atoms with E-state index in [1.54, 1.807) is 15.6 Å². The Morgan fingerprint density at radius 2 is 1.86 bits per heavy atom. The fourth-order valence-corrected chi connectivity index (χ4v) is 6.60. The molecule has 4 rings (SSSR count). The van der Waals surface area contributed by atoms with Crippen LogP contribution in [0.1, 0.15) is 18.2 Å². The van der Waals surface area contributed by atoms with Gasteiger partial charge in [0.2, 0.25) is 15.3 Å². The Hall–Kier alpha value is -1.04. The van der Waals surface area contributed by atoms with Crippen LogP contribution in [0.2, 0.25) is 5.28 Å². The lowest BCUT2D eigenvalue weighted by Gasteiger charge is -2.33. The van der Waals surface area contributed by atoms with Crippen LogP contribution in [0, 0.1) is 0 Å². The van der Waals surface area contributed by atoms with Gasteiger partial charge in [-0.2, -0.15) is 9.29 Å². The van der Waals surface area contributed by atoms with Crippen LogP contribution in [0.25, 0.3) is 10.2 Å². The van der Waals surface area contributed by atoms with Gasteiger partial charge < -0.3 is 9.64 Å². The molecule has 0 atom stereocenters. The van der Waals surface area contributed by atoms with E-state index in [-0.39, 0.29) is 11.0 Å². The molecule has 0 saturated carbocycles. The molecule has 0 amide bonds. The van der Waals surface area contributed by atoms with Gasteiger partial charge in [0.25, 0.3) is 0 Å². The van der Waals surface area contributed by atoms with Crippen LogP contribution in [0.5, 0.6) is 0 Å². The molecule has 2 aliphatic heterocycles. The van der Waals surface area contributed by atoms with E-state index in [4.69, 9.17) is 16.3 Å². The molecular weight excluding hydrogens is 434 g/mol. The highest BCUT2D eigenvalue weighted by Crippen LogP contribution is 2.34. The first-order chi connectivity index (χ1) is 14.0. The summed E-state index contributed by atoms with van der Waals surface area (Å²) in [5.41, 5.74) is 0.871. The van der Waals surface area contributed by atoms with Crippen molar-refractivity contribution < 1.29 is 13.2 Å². The number of rotatable bonds is 6. The molecule has 2 saturated heterocycles. The Morgan fingerprint density at radius 3 is 2.55 bits per heavy atom. The first kappa shape index (κ1) is 21.2. The number of nitrogens with zero attached hydrogens (tertiary/aromatic N) is 5. The minimum atomic E-state index is -3.11. The summed E-state index contributed by atoms with van der Waals surface area (Å²) in [4.78, 5) is 14.6. The molecule has 2 aliphatic rings. The Kier molecular flexibility index (Phi) is 6.57. The highest BCUT2D eigenvalue weighted by molar-refractivity contribution is 7.89. The first-order valence-corrected chi connectivity index (χ1v) is 12.8. The predicted molar refractivity (Wildman–Crippen MR) is 116 cm³/mol. The molecule has 0 unspecified atom stereocenters. The molecule has 4 heterocycles. The number of ether oxygens (including phenoxy) is 1. The molecule has 0 N–H and O–H groups in total. The van der Waals surface area contributed by atoms with Crippen molar-refractivity contribution in [2.75, 3.05) is 63.1 Å². The lowest BCUT2D eigenvalue weighted by molar-refractivity contribution is 0.122. The maximum absolute atomic E-state index is 12.3. The van der Waals surface area contributed by atoms with E-state index in [0.29, 0.717) is 32.7 Å². The van der Waals surface area contributed by atoms with Crippen LogP contribution in [-0.4, -0.2) is 85.8 Å². The minimum Gasteiger partial charge on any atom is -0.378 e. The van der Waals surface area contributed by atoms with Crippen molar-refractivity contribution in [3.63, 3.8) is 0 Å². The lowest BCUT2D eigenvalue weighted by atomic mass is 10.3. The third-order valence-electron chi connectivity index (χ3n) is 5.25.